The monoisotopic (exact) mass is 294 g/mol. The molecule has 1 rings (SSSR count). The van der Waals surface area contributed by atoms with Crippen molar-refractivity contribution in [1.29, 1.82) is 0 Å². The Bertz CT molecular complexity index is 483. The molecular formula is C15H22N2O4. The lowest BCUT2D eigenvalue weighted by Gasteiger charge is -2.23. The van der Waals surface area contributed by atoms with E-state index in [1.54, 1.807) is 21.0 Å². The van der Waals surface area contributed by atoms with Crippen molar-refractivity contribution in [2.75, 3.05) is 20.8 Å². The van der Waals surface area contributed by atoms with Crippen LogP contribution in [0.3, 0.4) is 0 Å². The Balaban J connectivity index is 2.37. The zero-order valence-corrected chi connectivity index (χ0v) is 12.9. The molecule has 2 N–H and O–H groups in total. The molecule has 2 amide bonds. The lowest BCUT2D eigenvalue weighted by molar-refractivity contribution is -0.146. The van der Waals surface area contributed by atoms with Gasteiger partial charge < -0.3 is 20.1 Å². The van der Waals surface area contributed by atoms with Gasteiger partial charge in [0.15, 0.2) is 0 Å². The number of benzene rings is 1. The van der Waals surface area contributed by atoms with E-state index in [0.717, 1.165) is 11.3 Å². The molecule has 1 aromatic rings. The van der Waals surface area contributed by atoms with Crippen LogP contribution in [-0.4, -0.2) is 38.3 Å². The van der Waals surface area contributed by atoms with Crippen LogP contribution in [0.2, 0.25) is 0 Å². The van der Waals surface area contributed by atoms with Gasteiger partial charge in [-0.25, -0.2) is 9.59 Å². The predicted octanol–water partition coefficient (Wildman–Crippen LogP) is 1.49. The standard InChI is InChI=1S/C15H22N2O4/c1-15(2,13(18)21-4)17-14(19)16-10-9-11-5-7-12(20-3)8-6-11/h5-8H,9-10H2,1-4H3,(H2,16,17,19). The van der Waals surface area contributed by atoms with Crippen LogP contribution in [0.4, 0.5) is 4.79 Å². The highest BCUT2D eigenvalue weighted by Gasteiger charge is 2.30. The van der Waals surface area contributed by atoms with Gasteiger partial charge in [0.1, 0.15) is 11.3 Å². The van der Waals surface area contributed by atoms with Crippen molar-refractivity contribution in [2.45, 2.75) is 25.8 Å². The minimum Gasteiger partial charge on any atom is -0.497 e. The van der Waals surface area contributed by atoms with Gasteiger partial charge in [0, 0.05) is 6.54 Å². The lowest BCUT2D eigenvalue weighted by atomic mass is 10.1. The zero-order valence-electron chi connectivity index (χ0n) is 12.9. The molecule has 0 bridgehead atoms. The van der Waals surface area contributed by atoms with E-state index in [1.807, 2.05) is 24.3 Å². The second-order valence-corrected chi connectivity index (χ2v) is 5.10. The average molecular weight is 294 g/mol. The molecule has 0 radical (unpaired) electrons. The van der Waals surface area contributed by atoms with E-state index in [1.165, 1.54) is 7.11 Å². The topological polar surface area (TPSA) is 76.7 Å². The quantitative estimate of drug-likeness (QED) is 0.779. The van der Waals surface area contributed by atoms with E-state index in [-0.39, 0.29) is 0 Å². The summed E-state index contributed by atoms with van der Waals surface area (Å²) in [6, 6.07) is 7.22. The number of esters is 1. The molecule has 0 fully saturated rings. The van der Waals surface area contributed by atoms with Crippen molar-refractivity contribution in [2.24, 2.45) is 0 Å². The van der Waals surface area contributed by atoms with Crippen molar-refractivity contribution in [3.8, 4) is 5.75 Å². The minimum absolute atomic E-state index is 0.404. The molecule has 6 heteroatoms. The number of amides is 2. The largest absolute Gasteiger partial charge is 0.497 e. The molecular weight excluding hydrogens is 272 g/mol. The molecule has 116 valence electrons. The number of hydrogen-bond donors (Lipinski definition) is 2. The third kappa shape index (κ3) is 5.33. The van der Waals surface area contributed by atoms with Crippen LogP contribution in [0.15, 0.2) is 24.3 Å². The van der Waals surface area contributed by atoms with E-state index in [2.05, 4.69) is 15.4 Å². The van der Waals surface area contributed by atoms with Crippen molar-refractivity contribution in [1.82, 2.24) is 10.6 Å². The Morgan fingerprint density at radius 1 is 1.14 bits per heavy atom. The van der Waals surface area contributed by atoms with Crippen molar-refractivity contribution >= 4 is 12.0 Å². The Kier molecular flexibility index (Phi) is 6.02. The van der Waals surface area contributed by atoms with E-state index in [4.69, 9.17) is 4.74 Å². The smallest absolute Gasteiger partial charge is 0.331 e. The van der Waals surface area contributed by atoms with Crippen LogP contribution in [0.25, 0.3) is 0 Å². The normalized spacial score (nSPS) is 10.7. The lowest BCUT2D eigenvalue weighted by Crippen LogP contribution is -2.53. The van der Waals surface area contributed by atoms with Crippen LogP contribution in [0.5, 0.6) is 5.75 Å². The first-order valence-electron chi connectivity index (χ1n) is 6.66. The number of hydrogen-bond acceptors (Lipinski definition) is 4. The molecule has 0 unspecified atom stereocenters. The Morgan fingerprint density at radius 3 is 2.29 bits per heavy atom. The Morgan fingerprint density at radius 2 is 1.76 bits per heavy atom. The van der Waals surface area contributed by atoms with Crippen LogP contribution in [0, 0.1) is 0 Å². The third-order valence-corrected chi connectivity index (χ3v) is 2.98. The number of urea groups is 1. The molecule has 0 aliphatic heterocycles. The van der Waals surface area contributed by atoms with Crippen LogP contribution < -0.4 is 15.4 Å². The number of methoxy groups -OCH3 is 2. The zero-order chi connectivity index (χ0) is 15.9. The molecule has 21 heavy (non-hydrogen) atoms. The maximum absolute atomic E-state index is 11.7. The summed E-state index contributed by atoms with van der Waals surface area (Å²) in [6.45, 7) is 3.64. The summed E-state index contributed by atoms with van der Waals surface area (Å²) in [5.41, 5.74) is 0.0298. The maximum Gasteiger partial charge on any atom is 0.331 e. The van der Waals surface area contributed by atoms with E-state index in [9.17, 15) is 9.59 Å². The molecule has 0 saturated carbocycles. The fraction of sp³-hybridized carbons (Fsp3) is 0.467. The van der Waals surface area contributed by atoms with Gasteiger partial charge in [0.25, 0.3) is 0 Å². The highest BCUT2D eigenvalue weighted by atomic mass is 16.5. The fourth-order valence-electron chi connectivity index (χ4n) is 1.75. The SMILES string of the molecule is COC(=O)C(C)(C)NC(=O)NCCc1ccc(OC)cc1. The molecule has 0 atom stereocenters. The minimum atomic E-state index is -1.06. The van der Waals surface area contributed by atoms with Gasteiger partial charge in [0.2, 0.25) is 0 Å². The van der Waals surface area contributed by atoms with E-state index < -0.39 is 17.5 Å². The van der Waals surface area contributed by atoms with Gasteiger partial charge >= 0.3 is 12.0 Å². The van der Waals surface area contributed by atoms with Crippen LogP contribution >= 0.6 is 0 Å². The van der Waals surface area contributed by atoms with E-state index >= 15 is 0 Å². The summed E-state index contributed by atoms with van der Waals surface area (Å²) in [7, 11) is 2.90. The Labute approximate surface area is 124 Å². The van der Waals surface area contributed by atoms with Gasteiger partial charge in [-0.2, -0.15) is 0 Å². The first-order valence-corrected chi connectivity index (χ1v) is 6.66. The number of carbonyl (C=O) groups is 2. The first kappa shape index (κ1) is 16.8. The molecule has 0 heterocycles. The van der Waals surface area contributed by atoms with Crippen molar-refractivity contribution in [3.05, 3.63) is 29.8 Å². The average Bonchev–Trinajstić information content (AvgIpc) is 2.46. The summed E-state index contributed by atoms with van der Waals surface area (Å²) in [6.07, 6.45) is 0.691. The summed E-state index contributed by atoms with van der Waals surface area (Å²) in [5.74, 6) is 0.303. The van der Waals surface area contributed by atoms with Crippen LogP contribution in [-0.2, 0) is 16.0 Å². The fourth-order valence-corrected chi connectivity index (χ4v) is 1.75. The number of carbonyl (C=O) groups excluding carboxylic acids is 2. The summed E-state index contributed by atoms with van der Waals surface area (Å²) >= 11 is 0. The van der Waals surface area contributed by atoms with Crippen molar-refractivity contribution < 1.29 is 19.1 Å². The molecule has 0 aliphatic carbocycles. The van der Waals surface area contributed by atoms with Gasteiger partial charge in [-0.05, 0) is 38.0 Å². The highest BCUT2D eigenvalue weighted by Crippen LogP contribution is 2.11. The molecule has 6 nitrogen and oxygen atoms in total. The molecule has 0 aliphatic rings. The summed E-state index contributed by atoms with van der Waals surface area (Å²) < 4.78 is 9.69. The van der Waals surface area contributed by atoms with Crippen molar-refractivity contribution in [3.63, 3.8) is 0 Å². The van der Waals surface area contributed by atoms with Gasteiger partial charge in [-0.1, -0.05) is 12.1 Å². The maximum atomic E-state index is 11.7. The molecule has 0 aromatic heterocycles. The number of nitrogens with one attached hydrogen (secondary N) is 2. The van der Waals surface area contributed by atoms with Gasteiger partial charge in [-0.15, -0.1) is 0 Å². The molecule has 1 aromatic carbocycles. The molecule has 0 spiro atoms. The summed E-state index contributed by atoms with van der Waals surface area (Å²) in [4.78, 5) is 23.2. The Hall–Kier alpha value is -2.24. The van der Waals surface area contributed by atoms with Crippen LogP contribution in [0.1, 0.15) is 19.4 Å². The third-order valence-electron chi connectivity index (χ3n) is 2.98. The second kappa shape index (κ2) is 7.52. The van der Waals surface area contributed by atoms with E-state index in [0.29, 0.717) is 13.0 Å². The first-order chi connectivity index (χ1) is 9.89. The molecule has 0 saturated heterocycles. The highest BCUT2D eigenvalue weighted by molar-refractivity contribution is 5.86. The predicted molar refractivity (Wildman–Crippen MR) is 79.3 cm³/mol. The summed E-state index contributed by atoms with van der Waals surface area (Å²) in [5, 5.41) is 5.27. The van der Waals surface area contributed by atoms with Gasteiger partial charge in [-0.3, -0.25) is 0 Å². The second-order valence-electron chi connectivity index (χ2n) is 5.10. The number of rotatable bonds is 6. The number of ether oxygens (including phenoxy) is 2. The van der Waals surface area contributed by atoms with Gasteiger partial charge in [0.05, 0.1) is 14.2 Å².